The molecule has 0 saturated heterocycles. The molecule has 1 saturated carbocycles. The number of imidazole rings is 1. The molecule has 2 heterocycles. The van der Waals surface area contributed by atoms with Crippen LogP contribution in [-0.2, 0) is 6.54 Å². The summed E-state index contributed by atoms with van der Waals surface area (Å²) in [5.74, 6) is 0.458. The fraction of sp³-hybridized carbons (Fsp3) is 0.462. The van der Waals surface area contributed by atoms with E-state index in [1.54, 1.807) is 29.5 Å². The van der Waals surface area contributed by atoms with Crippen molar-refractivity contribution >= 4 is 5.82 Å². The van der Waals surface area contributed by atoms with Gasteiger partial charge in [-0.05, 0) is 19.3 Å². The lowest BCUT2D eigenvalue weighted by Gasteiger charge is -2.08. The number of aryl methyl sites for hydroxylation is 1. The van der Waals surface area contributed by atoms with Crippen molar-refractivity contribution in [3.63, 3.8) is 0 Å². The molecule has 0 bridgehead atoms. The second-order valence-electron chi connectivity index (χ2n) is 4.80. The van der Waals surface area contributed by atoms with Gasteiger partial charge in [0.25, 0.3) is 5.56 Å². The van der Waals surface area contributed by atoms with Crippen LogP contribution in [0.15, 0.2) is 35.9 Å². The smallest absolute Gasteiger partial charge is 0.293 e. The minimum atomic E-state index is -0.00682. The van der Waals surface area contributed by atoms with E-state index in [9.17, 15) is 4.79 Å². The number of hydrogen-bond donors (Lipinski definition) is 1. The molecule has 0 radical (unpaired) electrons. The third kappa shape index (κ3) is 2.83. The maximum Gasteiger partial charge on any atom is 0.293 e. The third-order valence-corrected chi connectivity index (χ3v) is 3.25. The number of hydrogen-bond acceptors (Lipinski definition) is 4. The van der Waals surface area contributed by atoms with Gasteiger partial charge in [0.15, 0.2) is 5.82 Å². The van der Waals surface area contributed by atoms with Gasteiger partial charge in [-0.3, -0.25) is 4.79 Å². The van der Waals surface area contributed by atoms with E-state index in [1.165, 1.54) is 0 Å². The van der Waals surface area contributed by atoms with Gasteiger partial charge in [-0.15, -0.1) is 0 Å². The molecule has 0 unspecified atom stereocenters. The Hall–Kier alpha value is -2.11. The highest BCUT2D eigenvalue weighted by molar-refractivity contribution is 5.30. The first-order chi connectivity index (χ1) is 9.34. The van der Waals surface area contributed by atoms with Crippen molar-refractivity contribution in [1.29, 1.82) is 0 Å². The van der Waals surface area contributed by atoms with Crippen molar-refractivity contribution in [2.45, 2.75) is 31.8 Å². The highest BCUT2D eigenvalue weighted by Gasteiger charge is 2.25. The molecular weight excluding hydrogens is 242 g/mol. The summed E-state index contributed by atoms with van der Waals surface area (Å²) < 4.78 is 3.80. The first-order valence-corrected chi connectivity index (χ1v) is 6.61. The first-order valence-electron chi connectivity index (χ1n) is 6.61. The Morgan fingerprint density at radius 3 is 2.95 bits per heavy atom. The Labute approximate surface area is 111 Å². The molecule has 0 atom stereocenters. The Balaban J connectivity index is 1.55. The Kier molecular flexibility index (Phi) is 3.31. The van der Waals surface area contributed by atoms with Gasteiger partial charge in [-0.2, -0.15) is 0 Å². The largest absolute Gasteiger partial charge is 0.365 e. The van der Waals surface area contributed by atoms with Crippen molar-refractivity contribution in [2.75, 3.05) is 11.9 Å². The summed E-state index contributed by atoms with van der Waals surface area (Å²) in [6.45, 7) is 1.62. The van der Waals surface area contributed by atoms with Crippen LogP contribution >= 0.6 is 0 Å². The highest BCUT2D eigenvalue weighted by Crippen LogP contribution is 2.33. The molecule has 0 aliphatic heterocycles. The Morgan fingerprint density at radius 1 is 1.32 bits per heavy atom. The van der Waals surface area contributed by atoms with E-state index in [2.05, 4.69) is 15.3 Å². The number of aromatic nitrogens is 4. The summed E-state index contributed by atoms with van der Waals surface area (Å²) >= 11 is 0. The molecule has 1 fully saturated rings. The zero-order valence-electron chi connectivity index (χ0n) is 10.7. The van der Waals surface area contributed by atoms with Crippen molar-refractivity contribution in [3.8, 4) is 0 Å². The van der Waals surface area contributed by atoms with Crippen LogP contribution in [-0.4, -0.2) is 25.6 Å². The monoisotopic (exact) mass is 259 g/mol. The Morgan fingerprint density at radius 2 is 2.21 bits per heavy atom. The van der Waals surface area contributed by atoms with Crippen LogP contribution in [0.3, 0.4) is 0 Å². The molecule has 0 spiro atoms. The van der Waals surface area contributed by atoms with Gasteiger partial charge in [0.1, 0.15) is 0 Å². The molecule has 3 rings (SSSR count). The summed E-state index contributed by atoms with van der Waals surface area (Å²) in [6.07, 6.45) is 12.1. The standard InChI is InChI=1S/C13H17N5O/c19-13-12(16-6-9-18(13)11-2-3-11)15-4-1-7-17-8-5-14-10-17/h5-6,8-11H,1-4,7H2,(H,15,16). The molecule has 1 N–H and O–H groups in total. The lowest BCUT2D eigenvalue weighted by atomic mass is 10.4. The molecule has 100 valence electrons. The van der Waals surface area contributed by atoms with Crippen molar-refractivity contribution in [3.05, 3.63) is 41.5 Å². The predicted octanol–water partition coefficient (Wildman–Crippen LogP) is 1.28. The van der Waals surface area contributed by atoms with Gasteiger partial charge in [0.2, 0.25) is 0 Å². The fourth-order valence-corrected chi connectivity index (χ4v) is 2.07. The molecular formula is C13H17N5O. The van der Waals surface area contributed by atoms with E-state index in [0.717, 1.165) is 32.4 Å². The van der Waals surface area contributed by atoms with E-state index in [1.807, 2.05) is 10.8 Å². The molecule has 19 heavy (non-hydrogen) atoms. The molecule has 1 aliphatic rings. The maximum atomic E-state index is 12.1. The zero-order valence-corrected chi connectivity index (χ0v) is 10.7. The van der Waals surface area contributed by atoms with Crippen LogP contribution in [0, 0.1) is 0 Å². The van der Waals surface area contributed by atoms with Crippen LogP contribution in [0.25, 0.3) is 0 Å². The van der Waals surface area contributed by atoms with Crippen molar-refractivity contribution < 1.29 is 0 Å². The summed E-state index contributed by atoms with van der Waals surface area (Å²) in [6, 6.07) is 0.391. The first kappa shape index (κ1) is 12.0. The lowest BCUT2D eigenvalue weighted by Crippen LogP contribution is -2.24. The maximum absolute atomic E-state index is 12.1. The van der Waals surface area contributed by atoms with Crippen LogP contribution < -0.4 is 10.9 Å². The molecule has 6 heteroatoms. The SMILES string of the molecule is O=c1c(NCCCn2ccnc2)nccn1C1CC1. The highest BCUT2D eigenvalue weighted by atomic mass is 16.1. The summed E-state index contributed by atoms with van der Waals surface area (Å²) in [5.41, 5.74) is -0.00682. The van der Waals surface area contributed by atoms with E-state index in [4.69, 9.17) is 0 Å². The molecule has 0 amide bonds. The minimum Gasteiger partial charge on any atom is -0.365 e. The van der Waals surface area contributed by atoms with Crippen LogP contribution in [0.5, 0.6) is 0 Å². The second kappa shape index (κ2) is 5.26. The van der Waals surface area contributed by atoms with E-state index < -0.39 is 0 Å². The van der Waals surface area contributed by atoms with E-state index in [0.29, 0.717) is 11.9 Å². The Bertz CT molecular complexity index is 585. The number of nitrogens with zero attached hydrogens (tertiary/aromatic N) is 4. The van der Waals surface area contributed by atoms with Crippen LogP contribution in [0.2, 0.25) is 0 Å². The number of rotatable bonds is 6. The minimum absolute atomic E-state index is 0.00682. The van der Waals surface area contributed by atoms with E-state index >= 15 is 0 Å². The van der Waals surface area contributed by atoms with Crippen molar-refractivity contribution in [1.82, 2.24) is 19.1 Å². The van der Waals surface area contributed by atoms with Gasteiger partial charge in [-0.25, -0.2) is 9.97 Å². The molecule has 2 aromatic heterocycles. The quantitative estimate of drug-likeness (QED) is 0.794. The second-order valence-corrected chi connectivity index (χ2v) is 4.80. The topological polar surface area (TPSA) is 64.7 Å². The number of anilines is 1. The summed E-state index contributed by atoms with van der Waals surface area (Å²) in [7, 11) is 0. The summed E-state index contributed by atoms with van der Waals surface area (Å²) in [4.78, 5) is 20.2. The van der Waals surface area contributed by atoms with Gasteiger partial charge >= 0.3 is 0 Å². The third-order valence-electron chi connectivity index (χ3n) is 3.25. The average molecular weight is 259 g/mol. The molecule has 6 nitrogen and oxygen atoms in total. The molecule has 2 aromatic rings. The number of nitrogens with one attached hydrogen (secondary N) is 1. The molecule has 0 aromatic carbocycles. The normalized spacial score (nSPS) is 14.5. The summed E-state index contributed by atoms with van der Waals surface area (Å²) in [5, 5.41) is 3.12. The van der Waals surface area contributed by atoms with Crippen LogP contribution in [0.4, 0.5) is 5.82 Å². The van der Waals surface area contributed by atoms with Crippen LogP contribution in [0.1, 0.15) is 25.3 Å². The lowest BCUT2D eigenvalue weighted by molar-refractivity contribution is 0.656. The van der Waals surface area contributed by atoms with E-state index in [-0.39, 0.29) is 5.56 Å². The van der Waals surface area contributed by atoms with Gasteiger partial charge in [0, 0.05) is 43.9 Å². The fourth-order valence-electron chi connectivity index (χ4n) is 2.07. The zero-order chi connectivity index (χ0) is 13.1. The van der Waals surface area contributed by atoms with Gasteiger partial charge in [0.05, 0.1) is 6.33 Å². The predicted molar refractivity (Wildman–Crippen MR) is 72.1 cm³/mol. The van der Waals surface area contributed by atoms with Gasteiger partial charge in [-0.1, -0.05) is 0 Å². The van der Waals surface area contributed by atoms with Gasteiger partial charge < -0.3 is 14.5 Å². The average Bonchev–Trinajstić information content (AvgIpc) is 3.13. The van der Waals surface area contributed by atoms with Crippen molar-refractivity contribution in [2.24, 2.45) is 0 Å². The molecule has 1 aliphatic carbocycles.